The van der Waals surface area contributed by atoms with Crippen molar-refractivity contribution in [3.05, 3.63) is 35.8 Å². The highest BCUT2D eigenvalue weighted by Gasteiger charge is 2.21. The van der Waals surface area contributed by atoms with Gasteiger partial charge in [-0.25, -0.2) is 4.39 Å². The Morgan fingerprint density at radius 1 is 1.28 bits per heavy atom. The van der Waals surface area contributed by atoms with Gasteiger partial charge in [-0.2, -0.15) is 8.78 Å². The molecule has 3 rings (SSSR count). The van der Waals surface area contributed by atoms with Gasteiger partial charge in [0.15, 0.2) is 11.6 Å². The van der Waals surface area contributed by atoms with Crippen LogP contribution in [-0.4, -0.2) is 29.3 Å². The molecule has 1 fully saturated rings. The van der Waals surface area contributed by atoms with E-state index in [1.807, 2.05) is 0 Å². The van der Waals surface area contributed by atoms with Gasteiger partial charge < -0.3 is 10.1 Å². The minimum absolute atomic E-state index is 0. The third-order valence-electron chi connectivity index (χ3n) is 4.09. The fraction of sp³-hybridized carbons (Fsp3) is 0.353. The van der Waals surface area contributed by atoms with Crippen LogP contribution in [0.15, 0.2) is 24.4 Å². The van der Waals surface area contributed by atoms with E-state index in [0.717, 1.165) is 12.1 Å². The number of halogens is 3. The molecule has 1 aromatic heterocycles. The van der Waals surface area contributed by atoms with Crippen molar-refractivity contribution in [1.82, 2.24) is 10.3 Å². The van der Waals surface area contributed by atoms with Crippen molar-refractivity contribution < 1.29 is 28.9 Å². The molecule has 1 aromatic carbocycles. The van der Waals surface area contributed by atoms with Crippen LogP contribution < -0.4 is 10.1 Å². The second-order valence-electron chi connectivity index (χ2n) is 5.86. The topological polar surface area (TPSA) is 68.3 Å². The van der Waals surface area contributed by atoms with Gasteiger partial charge in [-0.1, -0.05) is 0 Å². The molecule has 0 saturated heterocycles. The van der Waals surface area contributed by atoms with Crippen molar-refractivity contribution in [2.45, 2.75) is 38.3 Å². The number of ether oxygens (including phenoxy) is 1. The number of fused-ring (bicyclic) bond motifs is 1. The second kappa shape index (κ2) is 7.08. The molecule has 0 radical (unpaired) electrons. The maximum absolute atomic E-state index is 13.8. The number of Topliss-reactive ketones (excluding diaryl/α,β-unsaturated/α-hetero) is 1. The summed E-state index contributed by atoms with van der Waals surface area (Å²) in [7, 11) is 0. The number of pyridine rings is 1. The molecule has 8 heteroatoms. The van der Waals surface area contributed by atoms with E-state index in [2.05, 4.69) is 15.0 Å². The smallest absolute Gasteiger partial charge is 0.387 e. The molecule has 1 amide bonds. The quantitative estimate of drug-likeness (QED) is 0.913. The molecule has 0 aliphatic heterocycles. The van der Waals surface area contributed by atoms with E-state index < -0.39 is 18.2 Å². The Morgan fingerprint density at radius 3 is 2.68 bits per heavy atom. The molecule has 134 valence electrons. The monoisotopic (exact) mass is 354 g/mol. The molecule has 0 spiro atoms. The predicted octanol–water partition coefficient (Wildman–Crippen LogP) is 3.46. The number of alkyl halides is 2. The highest BCUT2D eigenvalue weighted by molar-refractivity contribution is 5.97. The first-order chi connectivity index (χ1) is 11.9. The minimum atomic E-state index is -3.14. The first-order valence-corrected chi connectivity index (χ1v) is 7.79. The van der Waals surface area contributed by atoms with Crippen molar-refractivity contribution >= 4 is 22.6 Å². The van der Waals surface area contributed by atoms with Crippen LogP contribution in [0.1, 0.15) is 37.5 Å². The first-order valence-electron chi connectivity index (χ1n) is 7.79. The SMILES string of the molecule is O=C1CCC(NC(=O)c2cnc3cc(OC(F)F)c(F)cc3c2)CC1.[HH]. The number of hydrogen-bond acceptors (Lipinski definition) is 4. The zero-order valence-corrected chi connectivity index (χ0v) is 13.1. The average Bonchev–Trinajstić information content (AvgIpc) is 2.56. The maximum atomic E-state index is 13.8. The summed E-state index contributed by atoms with van der Waals surface area (Å²) in [5, 5.41) is 3.12. The van der Waals surface area contributed by atoms with E-state index >= 15 is 0 Å². The second-order valence-corrected chi connectivity index (χ2v) is 5.86. The lowest BCUT2D eigenvalue weighted by Gasteiger charge is -2.22. The number of amides is 1. The molecule has 0 unspecified atom stereocenters. The zero-order chi connectivity index (χ0) is 18.0. The number of nitrogens with zero attached hydrogens (tertiary/aromatic N) is 1. The molecule has 1 N–H and O–H groups in total. The molecule has 0 atom stereocenters. The van der Waals surface area contributed by atoms with Crippen LogP contribution in [0, 0.1) is 5.82 Å². The van der Waals surface area contributed by atoms with Crippen LogP contribution >= 0.6 is 0 Å². The van der Waals surface area contributed by atoms with Crippen LogP contribution in [0.5, 0.6) is 5.75 Å². The van der Waals surface area contributed by atoms with Crippen LogP contribution in [0.3, 0.4) is 0 Å². The summed E-state index contributed by atoms with van der Waals surface area (Å²) in [6.45, 7) is -3.14. The Hall–Kier alpha value is -2.64. The van der Waals surface area contributed by atoms with Crippen molar-refractivity contribution in [2.24, 2.45) is 0 Å². The molecule has 1 saturated carbocycles. The summed E-state index contributed by atoms with van der Waals surface area (Å²) >= 11 is 0. The summed E-state index contributed by atoms with van der Waals surface area (Å²) in [6.07, 6.45) is 3.36. The van der Waals surface area contributed by atoms with Crippen molar-refractivity contribution in [2.75, 3.05) is 0 Å². The molecule has 0 bridgehead atoms. The third-order valence-corrected chi connectivity index (χ3v) is 4.09. The van der Waals surface area contributed by atoms with Crippen molar-refractivity contribution in [3.8, 4) is 5.75 Å². The van der Waals surface area contributed by atoms with Crippen LogP contribution in [-0.2, 0) is 4.79 Å². The number of benzene rings is 1. The van der Waals surface area contributed by atoms with E-state index in [1.165, 1.54) is 12.3 Å². The number of carbonyl (C=O) groups is 2. The summed E-state index contributed by atoms with van der Waals surface area (Å²) < 4.78 is 42.4. The van der Waals surface area contributed by atoms with Gasteiger partial charge in [0, 0.05) is 38.0 Å². The van der Waals surface area contributed by atoms with E-state index in [1.54, 1.807) is 0 Å². The van der Waals surface area contributed by atoms with Gasteiger partial charge in [0.2, 0.25) is 0 Å². The Bertz CT molecular complexity index is 822. The zero-order valence-electron chi connectivity index (χ0n) is 13.1. The third kappa shape index (κ3) is 4.07. The molecular formula is C17H17F3N2O3. The molecule has 1 aliphatic rings. The van der Waals surface area contributed by atoms with Gasteiger partial charge in [0.05, 0.1) is 11.1 Å². The van der Waals surface area contributed by atoms with Gasteiger partial charge >= 0.3 is 6.61 Å². The van der Waals surface area contributed by atoms with Crippen LogP contribution in [0.25, 0.3) is 10.9 Å². The fourth-order valence-electron chi connectivity index (χ4n) is 2.79. The molecule has 25 heavy (non-hydrogen) atoms. The van der Waals surface area contributed by atoms with Gasteiger partial charge in [-0.3, -0.25) is 14.6 Å². The van der Waals surface area contributed by atoms with E-state index in [9.17, 15) is 22.8 Å². The van der Waals surface area contributed by atoms with Crippen LogP contribution in [0.2, 0.25) is 0 Å². The first kappa shape index (κ1) is 17.2. The normalized spacial score (nSPS) is 15.6. The lowest BCUT2D eigenvalue weighted by Crippen LogP contribution is -2.37. The van der Waals surface area contributed by atoms with Crippen molar-refractivity contribution in [3.63, 3.8) is 0 Å². The summed E-state index contributed by atoms with van der Waals surface area (Å²) in [4.78, 5) is 27.5. The highest BCUT2D eigenvalue weighted by Crippen LogP contribution is 2.25. The molecular weight excluding hydrogens is 337 g/mol. The standard InChI is InChI=1S/C17H15F3N2O3.H2/c18-13-6-9-5-10(8-21-14(9)7-15(13)25-17(19)20)16(24)22-11-1-3-12(23)4-2-11;/h5-8,11,17H,1-4H2,(H,22,24);1H. The van der Waals surface area contributed by atoms with Crippen molar-refractivity contribution in [1.29, 1.82) is 0 Å². The molecule has 2 aromatic rings. The lowest BCUT2D eigenvalue weighted by atomic mass is 9.94. The number of ketones is 1. The fourth-order valence-corrected chi connectivity index (χ4v) is 2.79. The molecule has 1 heterocycles. The average molecular weight is 354 g/mol. The van der Waals surface area contributed by atoms with Gasteiger partial charge in [0.25, 0.3) is 5.91 Å². The summed E-state index contributed by atoms with van der Waals surface area (Å²) in [6, 6.07) is 3.40. The molecule has 5 nitrogen and oxygen atoms in total. The summed E-state index contributed by atoms with van der Waals surface area (Å²) in [5.41, 5.74) is 0.461. The van der Waals surface area contributed by atoms with E-state index in [0.29, 0.717) is 31.1 Å². The minimum Gasteiger partial charge on any atom is -0.432 e. The van der Waals surface area contributed by atoms with E-state index in [-0.39, 0.29) is 30.2 Å². The number of rotatable bonds is 4. The molecule has 1 aliphatic carbocycles. The Balaban J connectivity index is 0.00000243. The Kier molecular flexibility index (Phi) is 4.87. The van der Waals surface area contributed by atoms with Gasteiger partial charge in [0.1, 0.15) is 5.78 Å². The highest BCUT2D eigenvalue weighted by atomic mass is 19.3. The number of aromatic nitrogens is 1. The Morgan fingerprint density at radius 2 is 2.00 bits per heavy atom. The maximum Gasteiger partial charge on any atom is 0.387 e. The van der Waals surface area contributed by atoms with Gasteiger partial charge in [-0.15, -0.1) is 0 Å². The Labute approximate surface area is 142 Å². The van der Waals surface area contributed by atoms with E-state index in [4.69, 9.17) is 0 Å². The summed E-state index contributed by atoms with van der Waals surface area (Å²) in [5.74, 6) is -1.74. The van der Waals surface area contributed by atoms with Crippen LogP contribution in [0.4, 0.5) is 13.2 Å². The van der Waals surface area contributed by atoms with Gasteiger partial charge in [-0.05, 0) is 25.0 Å². The largest absolute Gasteiger partial charge is 0.432 e. The lowest BCUT2D eigenvalue weighted by molar-refractivity contribution is -0.120. The number of hydrogen-bond donors (Lipinski definition) is 1. The predicted molar refractivity (Wildman–Crippen MR) is 85.2 cm³/mol. The number of nitrogens with one attached hydrogen (secondary N) is 1. The number of carbonyl (C=O) groups excluding carboxylic acids is 2.